The van der Waals surface area contributed by atoms with Crippen LogP contribution in [0, 0.1) is 0 Å². The largest absolute Gasteiger partial charge is 0.336 e. The van der Waals surface area contributed by atoms with Crippen molar-refractivity contribution in [3.05, 3.63) is 94.9 Å². The number of hydrogen-bond donors (Lipinski definition) is 1. The second kappa shape index (κ2) is 11.3. The fraction of sp³-hybridized carbons (Fsp3) is 0.276. The SMILES string of the molecule is CC(C)c1cc(S(=O)(=O)Nc2ccc(C(=O)N3CCN(Cc4cccnc4Cl)CC3)cc2)c2ncccc2c1. The molecule has 0 saturated carbocycles. The minimum absolute atomic E-state index is 0.0803. The highest BCUT2D eigenvalue weighted by molar-refractivity contribution is 7.93. The number of pyridine rings is 2. The van der Waals surface area contributed by atoms with Crippen LogP contribution in [0.1, 0.15) is 41.3 Å². The van der Waals surface area contributed by atoms with Crippen molar-refractivity contribution < 1.29 is 13.2 Å². The Bertz CT molecular complexity index is 1600. The van der Waals surface area contributed by atoms with E-state index in [-0.39, 0.29) is 16.7 Å². The number of amides is 1. The number of carbonyl (C=O) groups excluding carboxylic acids is 1. The van der Waals surface area contributed by atoms with E-state index in [1.54, 1.807) is 48.8 Å². The molecule has 0 spiro atoms. The molecule has 0 aliphatic carbocycles. The highest BCUT2D eigenvalue weighted by Gasteiger charge is 2.24. The van der Waals surface area contributed by atoms with Crippen LogP contribution in [0.3, 0.4) is 0 Å². The summed E-state index contributed by atoms with van der Waals surface area (Å²) in [6.07, 6.45) is 3.26. The molecule has 1 amide bonds. The molecule has 2 aromatic carbocycles. The highest BCUT2D eigenvalue weighted by atomic mass is 35.5. The van der Waals surface area contributed by atoms with E-state index >= 15 is 0 Å². The van der Waals surface area contributed by atoms with E-state index in [0.29, 0.717) is 41.6 Å². The molecule has 10 heteroatoms. The predicted octanol–water partition coefficient (Wildman–Crippen LogP) is 5.17. The Morgan fingerprint density at radius 1 is 0.974 bits per heavy atom. The fourth-order valence-electron chi connectivity index (χ4n) is 4.68. The summed E-state index contributed by atoms with van der Waals surface area (Å²) in [6.45, 7) is 7.38. The zero-order valence-electron chi connectivity index (χ0n) is 21.8. The number of carbonyl (C=O) groups is 1. The fourth-order valence-corrected chi connectivity index (χ4v) is 6.13. The average molecular weight is 564 g/mol. The van der Waals surface area contributed by atoms with Gasteiger partial charge in [0.2, 0.25) is 0 Å². The van der Waals surface area contributed by atoms with E-state index in [4.69, 9.17) is 11.6 Å². The van der Waals surface area contributed by atoms with Crippen molar-refractivity contribution in [2.75, 3.05) is 30.9 Å². The summed E-state index contributed by atoms with van der Waals surface area (Å²) in [4.78, 5) is 25.8. The van der Waals surface area contributed by atoms with Gasteiger partial charge in [-0.1, -0.05) is 37.6 Å². The van der Waals surface area contributed by atoms with Gasteiger partial charge in [0.05, 0.1) is 5.52 Å². The van der Waals surface area contributed by atoms with E-state index in [0.717, 1.165) is 29.6 Å². The van der Waals surface area contributed by atoms with E-state index in [1.165, 1.54) is 0 Å². The molecule has 0 unspecified atom stereocenters. The molecular weight excluding hydrogens is 534 g/mol. The molecule has 1 N–H and O–H groups in total. The zero-order chi connectivity index (χ0) is 27.6. The number of rotatable bonds is 7. The lowest BCUT2D eigenvalue weighted by molar-refractivity contribution is 0.0628. The zero-order valence-corrected chi connectivity index (χ0v) is 23.4. The van der Waals surface area contributed by atoms with Gasteiger partial charge in [-0.05, 0) is 60.0 Å². The highest BCUT2D eigenvalue weighted by Crippen LogP contribution is 2.29. The number of piperazine rings is 1. The number of benzene rings is 2. The van der Waals surface area contributed by atoms with Crippen LogP contribution in [0.25, 0.3) is 10.9 Å². The summed E-state index contributed by atoms with van der Waals surface area (Å²) < 4.78 is 29.4. The Morgan fingerprint density at radius 3 is 2.36 bits per heavy atom. The molecular formula is C29H30ClN5O3S. The lowest BCUT2D eigenvalue weighted by Crippen LogP contribution is -2.48. The Hall–Kier alpha value is -3.53. The van der Waals surface area contributed by atoms with Crippen LogP contribution in [-0.2, 0) is 16.6 Å². The molecule has 202 valence electrons. The van der Waals surface area contributed by atoms with Crippen molar-refractivity contribution in [2.45, 2.75) is 31.2 Å². The number of fused-ring (bicyclic) bond motifs is 1. The molecule has 1 saturated heterocycles. The lowest BCUT2D eigenvalue weighted by Gasteiger charge is -2.34. The molecule has 2 aromatic heterocycles. The minimum atomic E-state index is -3.91. The van der Waals surface area contributed by atoms with Crippen LogP contribution < -0.4 is 4.72 Å². The Kier molecular flexibility index (Phi) is 7.83. The summed E-state index contributed by atoms with van der Waals surface area (Å²) in [5.41, 5.74) is 3.20. The maximum atomic E-state index is 13.4. The number of aromatic nitrogens is 2. The van der Waals surface area contributed by atoms with Gasteiger partial charge in [-0.15, -0.1) is 0 Å². The van der Waals surface area contributed by atoms with Gasteiger partial charge in [0.1, 0.15) is 10.0 Å². The summed E-state index contributed by atoms with van der Waals surface area (Å²) >= 11 is 6.19. The quantitative estimate of drug-likeness (QED) is 0.312. The van der Waals surface area contributed by atoms with Crippen LogP contribution in [0.4, 0.5) is 5.69 Å². The molecule has 4 aromatic rings. The lowest BCUT2D eigenvalue weighted by atomic mass is 10.0. The second-order valence-electron chi connectivity index (χ2n) is 9.95. The van der Waals surface area contributed by atoms with Crippen LogP contribution in [-0.4, -0.2) is 60.3 Å². The van der Waals surface area contributed by atoms with Crippen LogP contribution in [0.15, 0.2) is 78.0 Å². The van der Waals surface area contributed by atoms with Gasteiger partial charge in [0, 0.05) is 67.3 Å². The third-order valence-electron chi connectivity index (χ3n) is 6.92. The van der Waals surface area contributed by atoms with E-state index in [2.05, 4.69) is 19.6 Å². The number of hydrogen-bond acceptors (Lipinski definition) is 6. The van der Waals surface area contributed by atoms with Gasteiger partial charge < -0.3 is 4.90 Å². The number of nitrogens with zero attached hydrogens (tertiary/aromatic N) is 4. The average Bonchev–Trinajstić information content (AvgIpc) is 2.94. The molecule has 8 nitrogen and oxygen atoms in total. The van der Waals surface area contributed by atoms with Gasteiger partial charge in [0.15, 0.2) is 0 Å². The first kappa shape index (κ1) is 27.1. The summed E-state index contributed by atoms with van der Waals surface area (Å²) in [5, 5.41) is 1.28. The normalized spacial score (nSPS) is 14.6. The maximum absolute atomic E-state index is 13.4. The first-order chi connectivity index (χ1) is 18.7. The molecule has 5 rings (SSSR count). The third kappa shape index (κ3) is 6.06. The molecule has 1 aliphatic heterocycles. The van der Waals surface area contributed by atoms with Crippen LogP contribution in [0.5, 0.6) is 0 Å². The Labute approximate surface area is 233 Å². The van der Waals surface area contributed by atoms with Crippen LogP contribution >= 0.6 is 11.6 Å². The van der Waals surface area contributed by atoms with Gasteiger partial charge in [-0.2, -0.15) is 0 Å². The van der Waals surface area contributed by atoms with Crippen LogP contribution in [0.2, 0.25) is 5.15 Å². The van der Waals surface area contributed by atoms with Crippen molar-refractivity contribution in [3.63, 3.8) is 0 Å². The number of nitrogens with one attached hydrogen (secondary N) is 1. The topological polar surface area (TPSA) is 95.5 Å². The standard InChI is InChI=1S/C29H30ClN5O3S/c1-20(2)24-17-22-5-3-11-31-27(22)26(18-24)39(37,38)33-25-9-7-21(8-10-25)29(36)35-15-13-34(14-16-35)19-23-6-4-12-32-28(23)30/h3-12,17-18,20,33H,13-16,19H2,1-2H3. The van der Waals surface area contributed by atoms with Crippen molar-refractivity contribution in [1.29, 1.82) is 0 Å². The summed E-state index contributed by atoms with van der Waals surface area (Å²) in [7, 11) is -3.91. The number of anilines is 1. The number of halogens is 1. The summed E-state index contributed by atoms with van der Waals surface area (Å²) in [6, 6.07) is 17.7. The van der Waals surface area contributed by atoms with Gasteiger partial charge in [-0.3, -0.25) is 19.4 Å². The smallest absolute Gasteiger partial charge is 0.264 e. The summed E-state index contributed by atoms with van der Waals surface area (Å²) in [5.74, 6) is 0.0761. The maximum Gasteiger partial charge on any atom is 0.264 e. The van der Waals surface area contributed by atoms with Crippen molar-refractivity contribution in [1.82, 2.24) is 19.8 Å². The van der Waals surface area contributed by atoms with E-state index < -0.39 is 10.0 Å². The first-order valence-electron chi connectivity index (χ1n) is 12.8. The monoisotopic (exact) mass is 563 g/mol. The van der Waals surface area contributed by atoms with Gasteiger partial charge >= 0.3 is 0 Å². The van der Waals surface area contributed by atoms with Gasteiger partial charge in [-0.25, -0.2) is 13.4 Å². The first-order valence-corrected chi connectivity index (χ1v) is 14.7. The third-order valence-corrected chi connectivity index (χ3v) is 8.66. The molecule has 0 atom stereocenters. The molecule has 3 heterocycles. The molecule has 1 fully saturated rings. The van der Waals surface area contributed by atoms with Crippen molar-refractivity contribution in [2.24, 2.45) is 0 Å². The minimum Gasteiger partial charge on any atom is -0.336 e. The number of sulfonamides is 1. The molecule has 0 bridgehead atoms. The Balaban J connectivity index is 1.26. The molecule has 39 heavy (non-hydrogen) atoms. The molecule has 0 radical (unpaired) electrons. The van der Waals surface area contributed by atoms with Gasteiger partial charge in [0.25, 0.3) is 15.9 Å². The molecule has 1 aliphatic rings. The van der Waals surface area contributed by atoms with Crippen molar-refractivity contribution >= 4 is 44.1 Å². The second-order valence-corrected chi connectivity index (χ2v) is 12.0. The Morgan fingerprint density at radius 2 is 1.67 bits per heavy atom. The van der Waals surface area contributed by atoms with E-state index in [9.17, 15) is 13.2 Å². The van der Waals surface area contributed by atoms with Crippen molar-refractivity contribution in [3.8, 4) is 0 Å². The predicted molar refractivity (Wildman–Crippen MR) is 154 cm³/mol. The van der Waals surface area contributed by atoms with E-state index in [1.807, 2.05) is 43.0 Å².